The molecule has 5 heteroatoms. The summed E-state index contributed by atoms with van der Waals surface area (Å²) >= 11 is 0. The number of amides is 1. The fourth-order valence-electron chi connectivity index (χ4n) is 4.43. The van der Waals surface area contributed by atoms with Crippen molar-refractivity contribution < 1.29 is 9.53 Å². The summed E-state index contributed by atoms with van der Waals surface area (Å²) in [6.45, 7) is 0.322. The van der Waals surface area contributed by atoms with Crippen LogP contribution in [0.25, 0.3) is 11.2 Å². The maximum Gasteiger partial charge on any atom is 0.410 e. The Morgan fingerprint density at radius 2 is 2.04 bits per heavy atom. The summed E-state index contributed by atoms with van der Waals surface area (Å²) in [5, 5.41) is 0. The quantitative estimate of drug-likeness (QED) is 0.670. The summed E-state index contributed by atoms with van der Waals surface area (Å²) in [7, 11) is 0. The van der Waals surface area contributed by atoms with E-state index in [0.29, 0.717) is 6.61 Å². The third kappa shape index (κ3) is 3.17. The summed E-state index contributed by atoms with van der Waals surface area (Å²) in [6, 6.07) is 14.4. The van der Waals surface area contributed by atoms with Crippen LogP contribution in [0, 0.1) is 0 Å². The van der Waals surface area contributed by atoms with Gasteiger partial charge < -0.3 is 9.14 Å². The van der Waals surface area contributed by atoms with Gasteiger partial charge >= 0.3 is 6.09 Å². The van der Waals surface area contributed by atoms with Gasteiger partial charge in [-0.15, -0.1) is 0 Å². The molecule has 2 aliphatic heterocycles. The normalized spacial score (nSPS) is 21.4. The first-order valence-electron chi connectivity index (χ1n) is 9.91. The molecule has 0 radical (unpaired) electrons. The van der Waals surface area contributed by atoms with Crippen LogP contribution in [0.3, 0.4) is 0 Å². The molecule has 1 fully saturated rings. The zero-order chi connectivity index (χ0) is 18.9. The largest absolute Gasteiger partial charge is 0.445 e. The number of ether oxygens (including phenoxy) is 1. The second-order valence-electron chi connectivity index (χ2n) is 7.60. The van der Waals surface area contributed by atoms with E-state index in [4.69, 9.17) is 4.74 Å². The SMILES string of the molecule is O=C(OCc1ccccc1)N1C2C=C(c3ccn4ccnc4c3)CC1CCC2. The average molecular weight is 373 g/mol. The zero-order valence-electron chi connectivity index (χ0n) is 15.7. The molecule has 1 aromatic carbocycles. The van der Waals surface area contributed by atoms with Gasteiger partial charge in [0.25, 0.3) is 0 Å². The Balaban J connectivity index is 1.36. The van der Waals surface area contributed by atoms with Gasteiger partial charge in [0.05, 0.1) is 6.04 Å². The van der Waals surface area contributed by atoms with Crippen molar-refractivity contribution in [2.45, 2.75) is 44.4 Å². The molecule has 142 valence electrons. The van der Waals surface area contributed by atoms with Crippen LogP contribution < -0.4 is 0 Å². The maximum atomic E-state index is 12.8. The molecule has 2 aliphatic rings. The third-order valence-corrected chi connectivity index (χ3v) is 5.82. The van der Waals surface area contributed by atoms with E-state index < -0.39 is 0 Å². The number of rotatable bonds is 3. The highest BCUT2D eigenvalue weighted by Gasteiger charge is 2.38. The van der Waals surface area contributed by atoms with E-state index in [1.54, 1.807) is 0 Å². The van der Waals surface area contributed by atoms with Crippen LogP contribution >= 0.6 is 0 Å². The smallest absolute Gasteiger partial charge is 0.410 e. The molecule has 0 spiro atoms. The molecule has 2 bridgehead atoms. The van der Waals surface area contributed by atoms with E-state index in [1.165, 1.54) is 11.1 Å². The first-order chi connectivity index (χ1) is 13.8. The third-order valence-electron chi connectivity index (χ3n) is 5.82. The lowest BCUT2D eigenvalue weighted by Crippen LogP contribution is -2.51. The molecule has 0 saturated carbocycles. The van der Waals surface area contributed by atoms with Gasteiger partial charge in [0.1, 0.15) is 12.3 Å². The van der Waals surface area contributed by atoms with Crippen molar-refractivity contribution >= 4 is 17.3 Å². The predicted octanol–water partition coefficient (Wildman–Crippen LogP) is 4.68. The minimum Gasteiger partial charge on any atom is -0.445 e. The first kappa shape index (κ1) is 17.0. The van der Waals surface area contributed by atoms with E-state index in [-0.39, 0.29) is 18.2 Å². The van der Waals surface area contributed by atoms with Crippen LogP contribution in [-0.2, 0) is 11.3 Å². The Labute approximate surface area is 164 Å². The van der Waals surface area contributed by atoms with Crippen LogP contribution in [0.1, 0.15) is 36.8 Å². The maximum absolute atomic E-state index is 12.8. The van der Waals surface area contributed by atoms with Gasteiger partial charge in [-0.05, 0) is 54.5 Å². The fraction of sp³-hybridized carbons (Fsp3) is 0.304. The van der Waals surface area contributed by atoms with Crippen molar-refractivity contribution in [1.29, 1.82) is 0 Å². The second-order valence-corrected chi connectivity index (χ2v) is 7.60. The van der Waals surface area contributed by atoms with Gasteiger partial charge in [-0.2, -0.15) is 0 Å². The van der Waals surface area contributed by atoms with E-state index in [9.17, 15) is 4.79 Å². The summed E-state index contributed by atoms with van der Waals surface area (Å²) in [6.07, 6.45) is 11.9. The molecule has 2 aromatic heterocycles. The molecule has 1 amide bonds. The molecule has 5 nitrogen and oxygen atoms in total. The van der Waals surface area contributed by atoms with Crippen molar-refractivity contribution in [3.63, 3.8) is 0 Å². The molecule has 28 heavy (non-hydrogen) atoms. The molecule has 1 saturated heterocycles. The van der Waals surface area contributed by atoms with E-state index in [0.717, 1.165) is 36.9 Å². The minimum absolute atomic E-state index is 0.113. The van der Waals surface area contributed by atoms with Crippen LogP contribution in [0.15, 0.2) is 67.1 Å². The molecular formula is C23H23N3O2. The molecule has 4 heterocycles. The molecule has 5 rings (SSSR count). The molecule has 3 aromatic rings. The van der Waals surface area contributed by atoms with Crippen LogP contribution in [0.4, 0.5) is 4.79 Å². The Bertz CT molecular complexity index is 1020. The number of imidazole rings is 1. The van der Waals surface area contributed by atoms with Crippen molar-refractivity contribution in [3.05, 3.63) is 78.3 Å². The summed E-state index contributed by atoms with van der Waals surface area (Å²) in [5.41, 5.74) is 4.48. The lowest BCUT2D eigenvalue weighted by Gasteiger charge is -2.44. The van der Waals surface area contributed by atoms with Crippen molar-refractivity contribution in [2.75, 3.05) is 0 Å². The summed E-state index contributed by atoms with van der Waals surface area (Å²) < 4.78 is 7.65. The highest BCUT2D eigenvalue weighted by Crippen LogP contribution is 2.37. The number of carbonyl (C=O) groups excluding carboxylic acids is 1. The van der Waals surface area contributed by atoms with E-state index in [2.05, 4.69) is 29.4 Å². The number of hydrogen-bond donors (Lipinski definition) is 0. The van der Waals surface area contributed by atoms with Crippen LogP contribution in [0.5, 0.6) is 0 Å². The Hall–Kier alpha value is -3.08. The zero-order valence-corrected chi connectivity index (χ0v) is 15.7. The second kappa shape index (κ2) is 7.15. The number of piperidine rings is 1. The number of carbonyl (C=O) groups is 1. The minimum atomic E-state index is -0.197. The standard InChI is InChI=1S/C23H23N3O2/c27-23(28-16-17-5-2-1-3-6-17)26-20-7-4-8-21(26)14-19(13-20)18-9-11-25-12-10-24-22(25)15-18/h1-3,5-6,9-13,15,20-21H,4,7-8,14,16H2. The molecule has 0 aliphatic carbocycles. The monoisotopic (exact) mass is 373 g/mol. The van der Waals surface area contributed by atoms with Gasteiger partial charge in [0.15, 0.2) is 0 Å². The molecular weight excluding hydrogens is 350 g/mol. The summed E-state index contributed by atoms with van der Waals surface area (Å²) in [5.74, 6) is 0. The van der Waals surface area contributed by atoms with E-state index in [1.807, 2.05) is 52.0 Å². The highest BCUT2D eigenvalue weighted by atomic mass is 16.6. The Morgan fingerprint density at radius 1 is 1.14 bits per heavy atom. The van der Waals surface area contributed by atoms with Gasteiger partial charge in [0.2, 0.25) is 0 Å². The first-order valence-corrected chi connectivity index (χ1v) is 9.91. The number of fused-ring (bicyclic) bond motifs is 3. The Kier molecular flexibility index (Phi) is 4.35. The number of pyridine rings is 1. The van der Waals surface area contributed by atoms with Crippen LogP contribution in [0.2, 0.25) is 0 Å². The number of aromatic nitrogens is 2. The molecule has 2 unspecified atom stereocenters. The predicted molar refractivity (Wildman–Crippen MR) is 108 cm³/mol. The van der Waals surface area contributed by atoms with Gasteiger partial charge in [-0.3, -0.25) is 4.90 Å². The van der Waals surface area contributed by atoms with Crippen LogP contribution in [-0.4, -0.2) is 32.5 Å². The number of benzene rings is 1. The molecule has 0 N–H and O–H groups in total. The fourth-order valence-corrected chi connectivity index (χ4v) is 4.43. The highest BCUT2D eigenvalue weighted by molar-refractivity contribution is 5.75. The van der Waals surface area contributed by atoms with Crippen molar-refractivity contribution in [2.24, 2.45) is 0 Å². The van der Waals surface area contributed by atoms with Crippen molar-refractivity contribution in [3.8, 4) is 0 Å². The summed E-state index contributed by atoms with van der Waals surface area (Å²) in [4.78, 5) is 19.2. The van der Waals surface area contributed by atoms with Gasteiger partial charge in [0, 0.05) is 24.6 Å². The topological polar surface area (TPSA) is 46.8 Å². The van der Waals surface area contributed by atoms with E-state index >= 15 is 0 Å². The van der Waals surface area contributed by atoms with Crippen molar-refractivity contribution in [1.82, 2.24) is 14.3 Å². The lowest BCUT2D eigenvalue weighted by atomic mass is 9.83. The van der Waals surface area contributed by atoms with Gasteiger partial charge in [-0.1, -0.05) is 36.4 Å². The number of nitrogens with zero attached hydrogens (tertiary/aromatic N) is 3. The average Bonchev–Trinajstić information content (AvgIpc) is 3.19. The molecule has 2 atom stereocenters. The van der Waals surface area contributed by atoms with Gasteiger partial charge in [-0.25, -0.2) is 9.78 Å². The lowest BCUT2D eigenvalue weighted by molar-refractivity contribution is 0.0510. The number of hydrogen-bond acceptors (Lipinski definition) is 3. The Morgan fingerprint density at radius 3 is 2.89 bits per heavy atom.